The van der Waals surface area contributed by atoms with Gasteiger partial charge in [-0.1, -0.05) is 6.07 Å². The molecule has 0 unspecified atom stereocenters. The van der Waals surface area contributed by atoms with E-state index in [2.05, 4.69) is 11.4 Å². The van der Waals surface area contributed by atoms with E-state index in [9.17, 15) is 9.90 Å². The van der Waals surface area contributed by atoms with Crippen molar-refractivity contribution >= 4 is 28.6 Å². The Morgan fingerprint density at radius 1 is 1.43 bits per heavy atom. The molecule has 3 heterocycles. The van der Waals surface area contributed by atoms with Crippen molar-refractivity contribution in [3.63, 3.8) is 0 Å². The molecule has 21 heavy (non-hydrogen) atoms. The Bertz CT molecular complexity index is 588. The number of aliphatic hydroxyl groups excluding tert-OH is 1. The lowest BCUT2D eigenvalue weighted by Gasteiger charge is -2.12. The molecule has 0 aliphatic carbocycles. The highest BCUT2D eigenvalue weighted by molar-refractivity contribution is 7.21. The molecule has 112 valence electrons. The van der Waals surface area contributed by atoms with E-state index in [0.717, 1.165) is 16.2 Å². The standard InChI is InChI=1S/C15H17NO3S2/c17-11(8-16-15(18)10-5-6-19-9-10)12-3-4-14(21-12)13-2-1-7-20-13/h1-4,7,10-11,17H,5-6,8-9H2,(H,16,18)/t10-,11+/m0/s1. The number of amides is 1. The maximum Gasteiger partial charge on any atom is 0.225 e. The molecule has 0 bridgehead atoms. The van der Waals surface area contributed by atoms with E-state index in [0.29, 0.717) is 13.2 Å². The first-order chi connectivity index (χ1) is 10.2. The average Bonchev–Trinajstić information content (AvgIpc) is 3.25. The van der Waals surface area contributed by atoms with E-state index in [-0.39, 0.29) is 18.4 Å². The van der Waals surface area contributed by atoms with Crippen molar-refractivity contribution in [1.82, 2.24) is 5.32 Å². The summed E-state index contributed by atoms with van der Waals surface area (Å²) in [4.78, 5) is 15.1. The number of ether oxygens (including phenoxy) is 1. The van der Waals surface area contributed by atoms with Gasteiger partial charge in [-0.15, -0.1) is 22.7 Å². The highest BCUT2D eigenvalue weighted by atomic mass is 32.1. The lowest BCUT2D eigenvalue weighted by molar-refractivity contribution is -0.125. The molecule has 1 aliphatic rings. The van der Waals surface area contributed by atoms with Gasteiger partial charge in [-0.3, -0.25) is 4.79 Å². The van der Waals surface area contributed by atoms with Gasteiger partial charge < -0.3 is 15.2 Å². The van der Waals surface area contributed by atoms with Crippen molar-refractivity contribution in [2.24, 2.45) is 5.92 Å². The number of hydrogen-bond donors (Lipinski definition) is 2. The summed E-state index contributed by atoms with van der Waals surface area (Å²) in [6.45, 7) is 1.39. The van der Waals surface area contributed by atoms with Gasteiger partial charge in [-0.05, 0) is 30.0 Å². The van der Waals surface area contributed by atoms with E-state index >= 15 is 0 Å². The number of hydrogen-bond acceptors (Lipinski definition) is 5. The predicted molar refractivity (Wildman–Crippen MR) is 84.5 cm³/mol. The fraction of sp³-hybridized carbons (Fsp3) is 0.400. The normalized spacial score (nSPS) is 19.6. The van der Waals surface area contributed by atoms with Crippen LogP contribution in [-0.4, -0.2) is 30.8 Å². The fourth-order valence-corrected chi connectivity index (χ4v) is 4.10. The Kier molecular flexibility index (Phi) is 4.70. The van der Waals surface area contributed by atoms with Gasteiger partial charge in [0, 0.05) is 27.8 Å². The quantitative estimate of drug-likeness (QED) is 0.889. The van der Waals surface area contributed by atoms with Gasteiger partial charge >= 0.3 is 0 Å². The Morgan fingerprint density at radius 2 is 2.33 bits per heavy atom. The van der Waals surface area contributed by atoms with Crippen molar-refractivity contribution < 1.29 is 14.6 Å². The van der Waals surface area contributed by atoms with E-state index in [1.54, 1.807) is 22.7 Å². The van der Waals surface area contributed by atoms with Crippen LogP contribution < -0.4 is 5.32 Å². The molecule has 1 fully saturated rings. The molecule has 6 heteroatoms. The van der Waals surface area contributed by atoms with Crippen molar-refractivity contribution in [1.29, 1.82) is 0 Å². The highest BCUT2D eigenvalue weighted by Crippen LogP contribution is 2.33. The molecule has 3 rings (SSSR count). The van der Waals surface area contributed by atoms with Crippen LogP contribution in [0.15, 0.2) is 29.6 Å². The first-order valence-electron chi connectivity index (χ1n) is 6.91. The molecule has 0 saturated carbocycles. The highest BCUT2D eigenvalue weighted by Gasteiger charge is 2.24. The zero-order valence-electron chi connectivity index (χ0n) is 11.5. The van der Waals surface area contributed by atoms with Crippen molar-refractivity contribution in [3.05, 3.63) is 34.5 Å². The molecule has 0 aromatic carbocycles. The molecule has 2 aromatic rings. The molecule has 2 aromatic heterocycles. The number of rotatable bonds is 5. The van der Waals surface area contributed by atoms with Crippen LogP contribution in [0.2, 0.25) is 0 Å². The molecule has 4 nitrogen and oxygen atoms in total. The first-order valence-corrected chi connectivity index (χ1v) is 8.61. The van der Waals surface area contributed by atoms with E-state index in [1.807, 2.05) is 23.6 Å². The van der Waals surface area contributed by atoms with Gasteiger partial charge in [0.25, 0.3) is 0 Å². The third-order valence-corrected chi connectivity index (χ3v) is 5.74. The van der Waals surface area contributed by atoms with Gasteiger partial charge in [0.05, 0.1) is 12.5 Å². The smallest absolute Gasteiger partial charge is 0.225 e. The molecule has 2 N–H and O–H groups in total. The zero-order valence-corrected chi connectivity index (χ0v) is 13.1. The number of carbonyl (C=O) groups excluding carboxylic acids is 1. The second-order valence-corrected chi connectivity index (χ2v) is 7.06. The van der Waals surface area contributed by atoms with Gasteiger partial charge in [0.1, 0.15) is 6.10 Å². The Hall–Kier alpha value is -1.21. The minimum Gasteiger partial charge on any atom is -0.386 e. The van der Waals surface area contributed by atoms with E-state index in [1.165, 1.54) is 4.88 Å². The SMILES string of the molecule is O=C(NC[C@@H](O)c1ccc(-c2cccs2)s1)[C@H]1CCOC1. The summed E-state index contributed by atoms with van der Waals surface area (Å²) >= 11 is 3.25. The van der Waals surface area contributed by atoms with E-state index in [4.69, 9.17) is 4.74 Å². The van der Waals surface area contributed by atoms with Crippen LogP contribution in [0, 0.1) is 5.92 Å². The summed E-state index contributed by atoms with van der Waals surface area (Å²) < 4.78 is 5.19. The minimum atomic E-state index is -0.657. The molecule has 1 amide bonds. The second-order valence-electron chi connectivity index (χ2n) is 5.00. The van der Waals surface area contributed by atoms with Crippen LogP contribution in [0.4, 0.5) is 0 Å². The van der Waals surface area contributed by atoms with Crippen LogP contribution in [0.1, 0.15) is 17.4 Å². The Morgan fingerprint density at radius 3 is 3.05 bits per heavy atom. The maximum atomic E-state index is 11.9. The Labute approximate surface area is 131 Å². The van der Waals surface area contributed by atoms with Crippen LogP contribution in [-0.2, 0) is 9.53 Å². The van der Waals surface area contributed by atoms with Crippen molar-refractivity contribution in [2.75, 3.05) is 19.8 Å². The lowest BCUT2D eigenvalue weighted by atomic mass is 10.1. The van der Waals surface area contributed by atoms with Crippen LogP contribution in [0.5, 0.6) is 0 Å². The summed E-state index contributed by atoms with van der Waals surface area (Å²) in [5, 5.41) is 15.0. The van der Waals surface area contributed by atoms with Crippen molar-refractivity contribution in [2.45, 2.75) is 12.5 Å². The summed E-state index contributed by atoms with van der Waals surface area (Å²) in [6, 6.07) is 8.02. The molecule has 1 saturated heterocycles. The molecule has 2 atom stereocenters. The summed E-state index contributed by atoms with van der Waals surface area (Å²) in [5.74, 6) is -0.0937. The van der Waals surface area contributed by atoms with Gasteiger partial charge in [0.2, 0.25) is 5.91 Å². The minimum absolute atomic E-state index is 0.0263. The summed E-state index contributed by atoms with van der Waals surface area (Å²) in [7, 11) is 0. The van der Waals surface area contributed by atoms with Gasteiger partial charge in [-0.25, -0.2) is 0 Å². The molecular formula is C15H17NO3S2. The van der Waals surface area contributed by atoms with E-state index < -0.39 is 6.10 Å². The third-order valence-electron chi connectivity index (χ3n) is 3.49. The average molecular weight is 323 g/mol. The predicted octanol–water partition coefficient (Wildman–Crippen LogP) is 2.66. The van der Waals surface area contributed by atoms with Crippen molar-refractivity contribution in [3.8, 4) is 9.75 Å². The summed E-state index contributed by atoms with van der Waals surface area (Å²) in [5.41, 5.74) is 0. The van der Waals surface area contributed by atoms with Gasteiger partial charge in [-0.2, -0.15) is 0 Å². The molecule has 1 aliphatic heterocycles. The number of carbonyl (C=O) groups is 1. The lowest BCUT2D eigenvalue weighted by Crippen LogP contribution is -2.33. The zero-order chi connectivity index (χ0) is 14.7. The largest absolute Gasteiger partial charge is 0.386 e. The van der Waals surface area contributed by atoms with Crippen LogP contribution >= 0.6 is 22.7 Å². The maximum absolute atomic E-state index is 11.9. The first kappa shape index (κ1) is 14.7. The number of thiophene rings is 2. The monoisotopic (exact) mass is 323 g/mol. The number of aliphatic hydroxyl groups is 1. The third kappa shape index (κ3) is 3.52. The Balaban J connectivity index is 1.55. The van der Waals surface area contributed by atoms with Crippen LogP contribution in [0.25, 0.3) is 9.75 Å². The number of nitrogens with one attached hydrogen (secondary N) is 1. The second kappa shape index (κ2) is 6.70. The summed E-state index contributed by atoms with van der Waals surface area (Å²) in [6.07, 6.45) is 0.110. The van der Waals surface area contributed by atoms with Gasteiger partial charge in [0.15, 0.2) is 0 Å². The molecule has 0 spiro atoms. The fourth-order valence-electron chi connectivity index (χ4n) is 2.27. The van der Waals surface area contributed by atoms with Crippen LogP contribution in [0.3, 0.4) is 0 Å². The topological polar surface area (TPSA) is 58.6 Å². The molecular weight excluding hydrogens is 306 g/mol. The molecule has 0 radical (unpaired) electrons.